The molecule has 3 aromatic carbocycles. The summed E-state index contributed by atoms with van der Waals surface area (Å²) in [6.07, 6.45) is 0.609. The Bertz CT molecular complexity index is 1160. The molecule has 0 heterocycles. The molecule has 0 aliphatic carbocycles. The van der Waals surface area contributed by atoms with Gasteiger partial charge in [0.2, 0.25) is 0 Å². The van der Waals surface area contributed by atoms with Crippen molar-refractivity contribution in [3.05, 3.63) is 58.1 Å². The summed E-state index contributed by atoms with van der Waals surface area (Å²) in [5, 5.41) is 1.69. The van der Waals surface area contributed by atoms with Crippen molar-refractivity contribution in [2.24, 2.45) is 0 Å². The predicted molar refractivity (Wildman–Crippen MR) is 137 cm³/mol. The van der Waals surface area contributed by atoms with Gasteiger partial charge in [-0.15, -0.1) is 11.5 Å². The second-order valence-corrected chi connectivity index (χ2v) is 14.0. The molecule has 0 saturated carbocycles. The third kappa shape index (κ3) is 5.40. The maximum absolute atomic E-state index is 6.25. The van der Waals surface area contributed by atoms with Gasteiger partial charge in [0.15, 0.2) is 11.5 Å². The molecule has 0 N–H and O–H groups in total. The fourth-order valence-electron chi connectivity index (χ4n) is 3.44. The minimum atomic E-state index is -1.46. The number of hydrogen-bond donors (Lipinski definition) is 0. The fourth-order valence-corrected chi connectivity index (χ4v) is 4.67. The fraction of sp³-hybridized carbons (Fsp3) is 0.308. The smallest absolute Gasteiger partial charge is 0.168 e. The molecule has 168 valence electrons. The van der Waals surface area contributed by atoms with Crippen LogP contribution in [0.3, 0.4) is 0 Å². The van der Waals surface area contributed by atoms with Gasteiger partial charge in [-0.25, -0.2) is 0 Å². The van der Waals surface area contributed by atoms with Crippen LogP contribution in [0, 0.1) is 11.5 Å². The van der Waals surface area contributed by atoms with E-state index in [-0.39, 0.29) is 0 Å². The Balaban J connectivity index is 2.19. The Hall–Kier alpha value is -2.62. The van der Waals surface area contributed by atoms with Gasteiger partial charge in [0.25, 0.3) is 0 Å². The zero-order valence-corrected chi connectivity index (χ0v) is 22.1. The summed E-state index contributed by atoms with van der Waals surface area (Å²) in [5.41, 5.74) is 5.53. The molecule has 0 atom stereocenters. The summed E-state index contributed by atoms with van der Waals surface area (Å²) in [7, 11) is 3.47. The largest absolute Gasteiger partial charge is 0.495 e. The first-order chi connectivity index (χ1) is 15.3. The topological polar surface area (TPSA) is 36.9 Å². The summed E-state index contributed by atoms with van der Waals surface area (Å²) in [4.78, 5) is 0. The van der Waals surface area contributed by atoms with Crippen LogP contribution in [0.1, 0.15) is 11.1 Å². The predicted octanol–water partition coefficient (Wildman–Crippen LogP) is 6.63. The maximum atomic E-state index is 6.25. The lowest BCUT2D eigenvalue weighted by Crippen LogP contribution is -2.16. The highest BCUT2D eigenvalue weighted by Gasteiger charge is 2.22. The van der Waals surface area contributed by atoms with E-state index in [9.17, 15) is 0 Å². The lowest BCUT2D eigenvalue weighted by molar-refractivity contribution is 0.303. The average Bonchev–Trinajstić information content (AvgIpc) is 2.77. The molecule has 0 aromatic heterocycles. The van der Waals surface area contributed by atoms with Crippen LogP contribution >= 0.6 is 15.9 Å². The van der Waals surface area contributed by atoms with E-state index in [1.165, 1.54) is 0 Å². The summed E-state index contributed by atoms with van der Waals surface area (Å²) in [6.45, 7) is 7.14. The highest BCUT2D eigenvalue weighted by Crippen LogP contribution is 2.49. The molecule has 0 aliphatic heterocycles. The van der Waals surface area contributed by atoms with Gasteiger partial charge in [0.05, 0.1) is 31.2 Å². The molecular formula is C26H29BrO4Si. The number of methoxy groups -OCH3 is 3. The molecule has 0 fully saturated rings. The molecule has 6 heteroatoms. The van der Waals surface area contributed by atoms with Crippen molar-refractivity contribution < 1.29 is 18.9 Å². The van der Waals surface area contributed by atoms with Crippen molar-refractivity contribution in [2.45, 2.75) is 32.7 Å². The zero-order chi connectivity index (χ0) is 23.3. The number of fused-ring (bicyclic) bond motifs is 1. The molecule has 0 saturated heterocycles. The van der Waals surface area contributed by atoms with Crippen molar-refractivity contribution in [2.75, 3.05) is 21.3 Å². The molecule has 0 radical (unpaired) electrons. The van der Waals surface area contributed by atoms with Gasteiger partial charge in [0, 0.05) is 17.9 Å². The van der Waals surface area contributed by atoms with E-state index in [0.717, 1.165) is 26.4 Å². The highest BCUT2D eigenvalue weighted by molar-refractivity contribution is 9.10. The lowest BCUT2D eigenvalue weighted by atomic mass is 10.0. The first-order valence-electron chi connectivity index (χ1n) is 10.4. The highest BCUT2D eigenvalue weighted by atomic mass is 79.9. The van der Waals surface area contributed by atoms with Gasteiger partial charge in [-0.3, -0.25) is 0 Å². The second kappa shape index (κ2) is 10.3. The van der Waals surface area contributed by atoms with E-state index in [1.54, 1.807) is 21.3 Å². The van der Waals surface area contributed by atoms with Crippen LogP contribution < -0.4 is 18.9 Å². The second-order valence-electron chi connectivity index (χ2n) is 8.42. The first kappa shape index (κ1) is 24.0. The number of halogens is 1. The zero-order valence-electron chi connectivity index (χ0n) is 19.5. The van der Waals surface area contributed by atoms with E-state index in [0.29, 0.717) is 36.0 Å². The van der Waals surface area contributed by atoms with Gasteiger partial charge < -0.3 is 18.9 Å². The number of rotatable bonds is 7. The molecule has 0 unspecified atom stereocenters. The number of hydrogen-bond acceptors (Lipinski definition) is 4. The van der Waals surface area contributed by atoms with Gasteiger partial charge in [0.1, 0.15) is 26.2 Å². The van der Waals surface area contributed by atoms with E-state index in [1.807, 2.05) is 36.4 Å². The van der Waals surface area contributed by atoms with Crippen molar-refractivity contribution >= 4 is 34.8 Å². The molecule has 0 bridgehead atoms. The maximum Gasteiger partial charge on any atom is 0.168 e. The van der Waals surface area contributed by atoms with Crippen molar-refractivity contribution in [1.29, 1.82) is 0 Å². The Labute approximate surface area is 200 Å². The molecular weight excluding hydrogens is 484 g/mol. The van der Waals surface area contributed by atoms with E-state index in [4.69, 9.17) is 18.9 Å². The Morgan fingerprint density at radius 2 is 1.56 bits per heavy atom. The molecule has 3 rings (SSSR count). The Kier molecular flexibility index (Phi) is 7.76. The number of ether oxygens (including phenoxy) is 4. The average molecular weight is 514 g/mol. The van der Waals surface area contributed by atoms with Crippen LogP contribution in [-0.4, -0.2) is 29.4 Å². The minimum absolute atomic E-state index is 0.426. The van der Waals surface area contributed by atoms with Crippen LogP contribution in [0.2, 0.25) is 19.6 Å². The molecule has 3 aromatic rings. The van der Waals surface area contributed by atoms with Gasteiger partial charge >= 0.3 is 0 Å². The lowest BCUT2D eigenvalue weighted by Gasteiger charge is -2.20. The molecule has 0 spiro atoms. The quantitative estimate of drug-likeness (QED) is 0.263. The monoisotopic (exact) mass is 512 g/mol. The van der Waals surface area contributed by atoms with Crippen LogP contribution in [0.25, 0.3) is 10.8 Å². The van der Waals surface area contributed by atoms with E-state index in [2.05, 4.69) is 53.1 Å². The SMILES string of the molecule is COc1cc(OCc2ccccc2)c2c(OC)c(Br)c(CC#C[Si](C)(C)C)cc2c1OC. The summed E-state index contributed by atoms with van der Waals surface area (Å²) < 4.78 is 24.3. The third-order valence-electron chi connectivity index (χ3n) is 4.88. The molecule has 0 aliphatic rings. The molecule has 0 amide bonds. The summed E-state index contributed by atoms with van der Waals surface area (Å²) in [5.74, 6) is 5.95. The van der Waals surface area contributed by atoms with Crippen LogP contribution in [0.15, 0.2) is 46.9 Å². The van der Waals surface area contributed by atoms with E-state index >= 15 is 0 Å². The van der Waals surface area contributed by atoms with Crippen LogP contribution in [0.4, 0.5) is 0 Å². The van der Waals surface area contributed by atoms with Crippen molar-refractivity contribution in [3.63, 3.8) is 0 Å². The van der Waals surface area contributed by atoms with Gasteiger partial charge in [-0.05, 0) is 33.1 Å². The van der Waals surface area contributed by atoms with Crippen LogP contribution in [0.5, 0.6) is 23.0 Å². The van der Waals surface area contributed by atoms with Crippen molar-refractivity contribution in [1.82, 2.24) is 0 Å². The standard InChI is InChI=1S/C26H29BrO4Si/c1-28-22-16-21(31-17-18-11-8-7-9-12-18)23-20(25(22)29-2)15-19(24(27)26(23)30-3)13-10-14-32(4,5)6/h7-9,11-12,15-16H,13,17H2,1-6H3. The minimum Gasteiger partial charge on any atom is -0.495 e. The summed E-state index contributed by atoms with van der Waals surface area (Å²) in [6, 6.07) is 14.0. The van der Waals surface area contributed by atoms with Gasteiger partial charge in [-0.1, -0.05) is 50.0 Å². The van der Waals surface area contributed by atoms with E-state index < -0.39 is 8.07 Å². The molecule has 32 heavy (non-hydrogen) atoms. The first-order valence-corrected chi connectivity index (χ1v) is 14.7. The Morgan fingerprint density at radius 3 is 2.16 bits per heavy atom. The number of benzene rings is 3. The summed E-state index contributed by atoms with van der Waals surface area (Å²) >= 11 is 3.75. The normalized spacial score (nSPS) is 11.0. The third-order valence-corrected chi connectivity index (χ3v) is 6.68. The Morgan fingerprint density at radius 1 is 0.875 bits per heavy atom. The van der Waals surface area contributed by atoms with Crippen molar-refractivity contribution in [3.8, 4) is 34.5 Å². The molecule has 4 nitrogen and oxygen atoms in total. The van der Waals surface area contributed by atoms with Crippen LogP contribution in [-0.2, 0) is 13.0 Å². The van der Waals surface area contributed by atoms with Gasteiger partial charge in [-0.2, -0.15) is 0 Å².